The number of nitrogens with zero attached hydrogens (tertiary/aromatic N) is 3. The molecule has 1 aromatic carbocycles. The molecule has 30 heavy (non-hydrogen) atoms. The van der Waals surface area contributed by atoms with Crippen LogP contribution in [-0.4, -0.2) is 40.4 Å². The summed E-state index contributed by atoms with van der Waals surface area (Å²) >= 11 is 8.01. The van der Waals surface area contributed by atoms with Gasteiger partial charge in [-0.15, -0.1) is 11.3 Å². The van der Waals surface area contributed by atoms with E-state index in [-0.39, 0.29) is 11.9 Å². The van der Waals surface area contributed by atoms with Crippen molar-refractivity contribution in [2.24, 2.45) is 0 Å². The molecule has 0 amide bonds. The molecule has 1 aliphatic rings. The number of nitrogens with one attached hydrogen (secondary N) is 1. The molecule has 1 aliphatic heterocycles. The average molecular weight is 451 g/mol. The normalized spacial score (nSPS) is 14.8. The van der Waals surface area contributed by atoms with Crippen LogP contribution in [0.2, 0.25) is 5.02 Å². The van der Waals surface area contributed by atoms with Gasteiger partial charge in [-0.05, 0) is 24.6 Å². The molecule has 1 fully saturated rings. The number of hydrogen-bond donors (Lipinski definition) is 2. The fourth-order valence-corrected chi connectivity index (χ4v) is 4.70. The summed E-state index contributed by atoms with van der Waals surface area (Å²) in [5.41, 5.74) is 0.916. The second-order valence-electron chi connectivity index (χ2n) is 7.07. The Morgan fingerprint density at radius 2 is 2.03 bits per heavy atom. The molecule has 0 unspecified atom stereocenters. The molecule has 10 heteroatoms. The Bertz CT molecular complexity index is 1070. The predicted molar refractivity (Wildman–Crippen MR) is 115 cm³/mol. The van der Waals surface area contributed by atoms with Crippen molar-refractivity contribution in [2.45, 2.75) is 32.4 Å². The molecular weight excluding hydrogens is 431 g/mol. The highest BCUT2D eigenvalue weighted by Crippen LogP contribution is 2.39. The molecule has 7 nitrogen and oxygen atoms in total. The number of benzene rings is 1. The van der Waals surface area contributed by atoms with Crippen LogP contribution in [0.1, 0.15) is 23.3 Å². The lowest BCUT2D eigenvalue weighted by Crippen LogP contribution is -2.38. The number of piperidine rings is 1. The van der Waals surface area contributed by atoms with Gasteiger partial charge >= 0.3 is 6.16 Å². The molecule has 2 aromatic heterocycles. The first-order valence-corrected chi connectivity index (χ1v) is 10.7. The maximum Gasteiger partial charge on any atom is 0.506 e. The molecule has 0 spiro atoms. The molecule has 0 aliphatic carbocycles. The number of carboxylic acid groups (broad SMARTS) is 1. The fraction of sp³-hybridized carbons (Fsp3) is 0.350. The van der Waals surface area contributed by atoms with Gasteiger partial charge in [0.25, 0.3) is 0 Å². The summed E-state index contributed by atoms with van der Waals surface area (Å²) in [6, 6.07) is 6.27. The van der Waals surface area contributed by atoms with Gasteiger partial charge in [-0.3, -0.25) is 0 Å². The van der Waals surface area contributed by atoms with Crippen molar-refractivity contribution in [3.63, 3.8) is 0 Å². The average Bonchev–Trinajstić information content (AvgIpc) is 3.01. The molecule has 1 saturated heterocycles. The Hall–Kier alpha value is -2.65. The van der Waals surface area contributed by atoms with Gasteiger partial charge < -0.3 is 20.1 Å². The minimum Gasteiger partial charge on any atom is -0.450 e. The highest BCUT2D eigenvalue weighted by Gasteiger charge is 2.25. The number of aromatic nitrogens is 2. The first-order chi connectivity index (χ1) is 14.4. The summed E-state index contributed by atoms with van der Waals surface area (Å²) in [6.45, 7) is 3.59. The van der Waals surface area contributed by atoms with E-state index in [1.807, 2.05) is 11.8 Å². The lowest BCUT2D eigenvalue weighted by molar-refractivity contribution is 0.0415. The monoisotopic (exact) mass is 450 g/mol. The van der Waals surface area contributed by atoms with E-state index in [9.17, 15) is 9.18 Å². The third-order valence-corrected chi connectivity index (χ3v) is 6.59. The number of thiophene rings is 1. The first-order valence-electron chi connectivity index (χ1n) is 9.50. The quantitative estimate of drug-likeness (QED) is 0.525. The summed E-state index contributed by atoms with van der Waals surface area (Å²) in [7, 11) is 0. The van der Waals surface area contributed by atoms with E-state index in [2.05, 4.69) is 5.32 Å². The second kappa shape index (κ2) is 8.61. The van der Waals surface area contributed by atoms with Crippen LogP contribution in [0.4, 0.5) is 21.0 Å². The molecule has 0 radical (unpaired) electrons. The summed E-state index contributed by atoms with van der Waals surface area (Å²) in [5.74, 6) is 0.908. The number of anilines is 2. The van der Waals surface area contributed by atoms with Crippen LogP contribution in [0.15, 0.2) is 24.3 Å². The third kappa shape index (κ3) is 4.41. The van der Waals surface area contributed by atoms with Crippen LogP contribution in [-0.2, 0) is 11.3 Å². The fourth-order valence-electron chi connectivity index (χ4n) is 3.44. The molecule has 0 atom stereocenters. The Labute approximate surface area is 181 Å². The molecule has 3 aromatic rings. The zero-order valence-corrected chi connectivity index (χ0v) is 17.8. The van der Waals surface area contributed by atoms with Gasteiger partial charge in [0, 0.05) is 37.4 Å². The van der Waals surface area contributed by atoms with Gasteiger partial charge in [0.2, 0.25) is 5.95 Å². The molecular formula is C20H20ClFN4O3S. The number of halogens is 2. The summed E-state index contributed by atoms with van der Waals surface area (Å²) in [4.78, 5) is 23.9. The Kier molecular flexibility index (Phi) is 5.92. The Morgan fingerprint density at radius 1 is 1.33 bits per heavy atom. The SMILES string of the molecule is Cc1sc2nc(N3CCC(OC(=O)O)CC3)nc(NCc3ccc(F)cc3)c2c1Cl. The van der Waals surface area contributed by atoms with Gasteiger partial charge in [-0.2, -0.15) is 4.98 Å². The van der Waals surface area contributed by atoms with E-state index in [4.69, 9.17) is 31.4 Å². The van der Waals surface area contributed by atoms with Crippen LogP contribution in [0, 0.1) is 12.7 Å². The number of carbonyl (C=O) groups is 1. The van der Waals surface area contributed by atoms with Crippen molar-refractivity contribution < 1.29 is 19.0 Å². The number of hydrogen-bond acceptors (Lipinski definition) is 7. The van der Waals surface area contributed by atoms with E-state index in [1.54, 1.807) is 12.1 Å². The van der Waals surface area contributed by atoms with Crippen molar-refractivity contribution in [1.29, 1.82) is 0 Å². The Balaban J connectivity index is 1.59. The van der Waals surface area contributed by atoms with Gasteiger partial charge in [0.05, 0.1) is 10.4 Å². The van der Waals surface area contributed by atoms with Gasteiger partial charge in [0.1, 0.15) is 22.6 Å². The molecule has 2 N–H and O–H groups in total. The summed E-state index contributed by atoms with van der Waals surface area (Å²) < 4.78 is 18.0. The van der Waals surface area contributed by atoms with Crippen molar-refractivity contribution in [2.75, 3.05) is 23.3 Å². The van der Waals surface area contributed by atoms with E-state index in [1.165, 1.54) is 23.5 Å². The van der Waals surface area contributed by atoms with E-state index < -0.39 is 6.16 Å². The standard InChI is InChI=1S/C20H20ClFN4O3S/c1-11-16(21)15-17(23-10-12-2-4-13(22)5-3-12)24-19(25-18(15)30-11)26-8-6-14(7-9-26)29-20(27)28/h2-5,14H,6-10H2,1H3,(H,27,28)(H,23,24,25). The number of fused-ring (bicyclic) bond motifs is 1. The molecule has 0 saturated carbocycles. The lowest BCUT2D eigenvalue weighted by Gasteiger charge is -2.31. The molecule has 3 heterocycles. The number of rotatable bonds is 5. The predicted octanol–water partition coefficient (Wildman–Crippen LogP) is 5.07. The topological polar surface area (TPSA) is 87.6 Å². The highest BCUT2D eigenvalue weighted by molar-refractivity contribution is 7.19. The summed E-state index contributed by atoms with van der Waals surface area (Å²) in [6.07, 6.45) is -0.397. The highest BCUT2D eigenvalue weighted by atomic mass is 35.5. The number of aryl methyl sites for hydroxylation is 1. The van der Waals surface area contributed by atoms with Crippen molar-refractivity contribution >= 4 is 51.1 Å². The van der Waals surface area contributed by atoms with E-state index in [0.717, 1.165) is 20.7 Å². The minimum absolute atomic E-state index is 0.280. The largest absolute Gasteiger partial charge is 0.506 e. The molecule has 4 rings (SSSR count). The van der Waals surface area contributed by atoms with Crippen molar-refractivity contribution in [3.05, 3.63) is 45.5 Å². The van der Waals surface area contributed by atoms with Gasteiger partial charge in [-0.25, -0.2) is 14.2 Å². The minimum atomic E-state index is -1.25. The van der Waals surface area contributed by atoms with Crippen LogP contribution in [0.25, 0.3) is 10.2 Å². The Morgan fingerprint density at radius 3 is 2.70 bits per heavy atom. The number of ether oxygens (including phenoxy) is 1. The zero-order chi connectivity index (χ0) is 21.3. The van der Waals surface area contributed by atoms with Crippen molar-refractivity contribution in [1.82, 2.24) is 9.97 Å². The van der Waals surface area contributed by atoms with E-state index in [0.29, 0.717) is 49.3 Å². The van der Waals surface area contributed by atoms with Crippen LogP contribution >= 0.6 is 22.9 Å². The smallest absolute Gasteiger partial charge is 0.450 e. The van der Waals surface area contributed by atoms with Crippen LogP contribution < -0.4 is 10.2 Å². The third-order valence-electron chi connectivity index (χ3n) is 5.01. The second-order valence-corrected chi connectivity index (χ2v) is 8.66. The van der Waals surface area contributed by atoms with Crippen molar-refractivity contribution in [3.8, 4) is 0 Å². The maximum absolute atomic E-state index is 13.2. The van der Waals surface area contributed by atoms with Gasteiger partial charge in [-0.1, -0.05) is 23.7 Å². The molecule has 158 valence electrons. The first kappa shape index (κ1) is 20.6. The maximum atomic E-state index is 13.2. The van der Waals surface area contributed by atoms with Gasteiger partial charge in [0.15, 0.2) is 0 Å². The zero-order valence-electron chi connectivity index (χ0n) is 16.2. The summed E-state index contributed by atoms with van der Waals surface area (Å²) in [5, 5.41) is 13.5. The lowest BCUT2D eigenvalue weighted by atomic mass is 10.1. The molecule has 0 bridgehead atoms. The van der Waals surface area contributed by atoms with E-state index >= 15 is 0 Å². The van der Waals surface area contributed by atoms with Crippen LogP contribution in [0.3, 0.4) is 0 Å². The van der Waals surface area contributed by atoms with Crippen LogP contribution in [0.5, 0.6) is 0 Å².